The number of hydrogen-bond acceptors (Lipinski definition) is 6. The van der Waals surface area contributed by atoms with Crippen LogP contribution in [0.5, 0.6) is 0 Å². The maximum absolute atomic E-state index is 12.7. The van der Waals surface area contributed by atoms with Gasteiger partial charge in [-0.15, -0.1) is 0 Å². The van der Waals surface area contributed by atoms with Crippen LogP contribution in [0.2, 0.25) is 0 Å². The second-order valence-electron chi connectivity index (χ2n) is 7.45. The largest absolute Gasteiger partial charge is 0.351 e. The highest BCUT2D eigenvalue weighted by Crippen LogP contribution is 2.28. The molecule has 0 spiro atoms. The Balaban J connectivity index is 1.39. The molecule has 5 rings (SSSR count). The van der Waals surface area contributed by atoms with E-state index in [2.05, 4.69) is 31.3 Å². The molecule has 31 heavy (non-hydrogen) atoms. The van der Waals surface area contributed by atoms with Gasteiger partial charge in [0.1, 0.15) is 11.4 Å². The number of nitrogens with zero attached hydrogens (tertiary/aromatic N) is 5. The molecule has 1 aromatic carbocycles. The zero-order valence-corrected chi connectivity index (χ0v) is 17.2. The molecule has 4 heterocycles. The quantitative estimate of drug-likeness (QED) is 0.421. The van der Waals surface area contributed by atoms with E-state index in [-0.39, 0.29) is 5.78 Å². The summed E-state index contributed by atoms with van der Waals surface area (Å²) in [5, 5.41) is 9.30. The van der Waals surface area contributed by atoms with Crippen molar-refractivity contribution in [3.8, 4) is 22.8 Å². The van der Waals surface area contributed by atoms with E-state index in [9.17, 15) is 4.79 Å². The third-order valence-electron chi connectivity index (χ3n) is 5.23. The Labute approximate surface area is 177 Å². The van der Waals surface area contributed by atoms with Gasteiger partial charge in [-0.3, -0.25) is 14.5 Å². The van der Waals surface area contributed by atoms with Gasteiger partial charge in [0.2, 0.25) is 0 Å². The highest BCUT2D eigenvalue weighted by Gasteiger charge is 2.16. The molecule has 0 atom stereocenters. The molecule has 5 aromatic rings. The Hall–Kier alpha value is -4.07. The first-order valence-electron chi connectivity index (χ1n) is 9.97. The number of Topliss-reactive ketones (excluding diaryl/α,β-unsaturated/α-hetero) is 1. The summed E-state index contributed by atoms with van der Waals surface area (Å²) in [6, 6.07) is 13.7. The number of benzene rings is 1. The normalized spacial score (nSPS) is 11.3. The van der Waals surface area contributed by atoms with E-state index in [4.69, 9.17) is 4.52 Å². The maximum atomic E-state index is 12.7. The number of ketones is 1. The third-order valence-corrected chi connectivity index (χ3v) is 5.23. The number of carbonyl (C=O) groups excluding carboxylic acids is 1. The molecule has 0 fully saturated rings. The average molecular weight is 412 g/mol. The van der Waals surface area contributed by atoms with Gasteiger partial charge in [-0.1, -0.05) is 11.2 Å². The molecule has 0 amide bonds. The van der Waals surface area contributed by atoms with Gasteiger partial charge in [0.15, 0.2) is 11.6 Å². The molecule has 8 heteroatoms. The van der Waals surface area contributed by atoms with Crippen LogP contribution in [-0.2, 0) is 13.5 Å². The lowest BCUT2D eigenvalue weighted by molar-refractivity contribution is 0.0977. The van der Waals surface area contributed by atoms with Crippen LogP contribution in [0.1, 0.15) is 28.3 Å². The van der Waals surface area contributed by atoms with Crippen molar-refractivity contribution in [1.29, 1.82) is 0 Å². The summed E-state index contributed by atoms with van der Waals surface area (Å²) in [6.07, 6.45) is 4.55. The summed E-state index contributed by atoms with van der Waals surface area (Å²) in [4.78, 5) is 24.2. The monoisotopic (exact) mass is 412 g/mol. The predicted molar refractivity (Wildman–Crippen MR) is 115 cm³/mol. The number of hydrogen-bond donors (Lipinski definition) is 1. The van der Waals surface area contributed by atoms with Crippen molar-refractivity contribution in [3.05, 3.63) is 71.9 Å². The molecular weight excluding hydrogens is 392 g/mol. The second-order valence-corrected chi connectivity index (χ2v) is 7.45. The predicted octanol–water partition coefficient (Wildman–Crippen LogP) is 4.14. The minimum absolute atomic E-state index is 0.0236. The van der Waals surface area contributed by atoms with Gasteiger partial charge in [-0.2, -0.15) is 10.1 Å². The number of H-pyrrole nitrogens is 1. The van der Waals surface area contributed by atoms with Gasteiger partial charge in [-0.25, -0.2) is 0 Å². The first kappa shape index (κ1) is 18.9. The van der Waals surface area contributed by atoms with E-state index in [1.807, 2.05) is 43.4 Å². The van der Waals surface area contributed by atoms with Gasteiger partial charge in [0.25, 0.3) is 5.89 Å². The zero-order chi connectivity index (χ0) is 21.4. The topological polar surface area (TPSA) is 102 Å². The summed E-state index contributed by atoms with van der Waals surface area (Å²) >= 11 is 0. The lowest BCUT2D eigenvalue weighted by atomic mass is 10.1. The minimum Gasteiger partial charge on any atom is -0.351 e. The summed E-state index contributed by atoms with van der Waals surface area (Å²) in [5.74, 6) is 1.07. The van der Waals surface area contributed by atoms with Crippen molar-refractivity contribution < 1.29 is 9.32 Å². The maximum Gasteiger partial charge on any atom is 0.274 e. The van der Waals surface area contributed by atoms with Crippen LogP contribution in [0.15, 0.2) is 59.4 Å². The Bertz CT molecular complexity index is 1380. The van der Waals surface area contributed by atoms with E-state index >= 15 is 0 Å². The lowest BCUT2D eigenvalue weighted by Gasteiger charge is -2.01. The molecule has 8 nitrogen and oxygen atoms in total. The van der Waals surface area contributed by atoms with Crippen molar-refractivity contribution in [2.24, 2.45) is 7.05 Å². The number of rotatable bonds is 6. The number of aromatic amines is 1. The Kier molecular flexibility index (Phi) is 4.66. The van der Waals surface area contributed by atoms with E-state index in [1.54, 1.807) is 24.0 Å². The van der Waals surface area contributed by atoms with Crippen molar-refractivity contribution in [1.82, 2.24) is 29.9 Å². The molecule has 0 radical (unpaired) electrons. The third kappa shape index (κ3) is 3.75. The second kappa shape index (κ2) is 7.64. The minimum atomic E-state index is 0.0236. The summed E-state index contributed by atoms with van der Waals surface area (Å²) in [7, 11) is 1.85. The van der Waals surface area contributed by atoms with Crippen LogP contribution in [0, 0.1) is 6.92 Å². The van der Waals surface area contributed by atoms with Crippen LogP contribution in [0.25, 0.3) is 33.7 Å². The van der Waals surface area contributed by atoms with E-state index < -0.39 is 0 Å². The average Bonchev–Trinajstić information content (AvgIpc) is 3.50. The zero-order valence-electron chi connectivity index (χ0n) is 17.2. The number of aromatic nitrogens is 6. The highest BCUT2D eigenvalue weighted by atomic mass is 16.5. The fraction of sp³-hybridized carbons (Fsp3) is 0.174. The number of pyridine rings is 1. The fourth-order valence-electron chi connectivity index (χ4n) is 3.62. The van der Waals surface area contributed by atoms with E-state index in [0.717, 1.165) is 33.4 Å². The van der Waals surface area contributed by atoms with Crippen molar-refractivity contribution in [2.75, 3.05) is 0 Å². The summed E-state index contributed by atoms with van der Waals surface area (Å²) in [6.45, 7) is 1.78. The van der Waals surface area contributed by atoms with Gasteiger partial charge in [0, 0.05) is 42.3 Å². The van der Waals surface area contributed by atoms with Crippen LogP contribution >= 0.6 is 0 Å². The molecule has 0 aliphatic carbocycles. The number of carbonyl (C=O) groups is 1. The summed E-state index contributed by atoms with van der Waals surface area (Å²) < 4.78 is 7.00. The SMILES string of the molecule is Cc1noc(-c2cc3cc(-c4cc(C(=O)CCc5ccncc5)nn4C)ccc3[nH]2)n1. The lowest BCUT2D eigenvalue weighted by Crippen LogP contribution is -2.03. The first-order chi connectivity index (χ1) is 15.1. The molecule has 0 unspecified atom stereocenters. The van der Waals surface area contributed by atoms with E-state index in [1.165, 1.54) is 0 Å². The Morgan fingerprint density at radius 3 is 2.74 bits per heavy atom. The smallest absolute Gasteiger partial charge is 0.274 e. The van der Waals surface area contributed by atoms with Gasteiger partial charge in [0.05, 0.1) is 5.69 Å². The van der Waals surface area contributed by atoms with Crippen LogP contribution in [0.4, 0.5) is 0 Å². The van der Waals surface area contributed by atoms with Crippen molar-refractivity contribution in [3.63, 3.8) is 0 Å². The highest BCUT2D eigenvalue weighted by molar-refractivity contribution is 5.96. The Morgan fingerprint density at radius 2 is 1.97 bits per heavy atom. The molecule has 154 valence electrons. The van der Waals surface area contributed by atoms with Crippen LogP contribution in [0.3, 0.4) is 0 Å². The van der Waals surface area contributed by atoms with Crippen LogP contribution < -0.4 is 0 Å². The summed E-state index contributed by atoms with van der Waals surface area (Å²) in [5.41, 5.74) is 5.15. The molecule has 4 aromatic heterocycles. The van der Waals surface area contributed by atoms with Crippen LogP contribution in [-0.4, -0.2) is 35.7 Å². The first-order valence-corrected chi connectivity index (χ1v) is 9.97. The van der Waals surface area contributed by atoms with Crippen molar-refractivity contribution >= 4 is 16.7 Å². The molecule has 1 N–H and O–H groups in total. The van der Waals surface area contributed by atoms with Gasteiger partial charge in [-0.05, 0) is 55.3 Å². The van der Waals surface area contributed by atoms with Crippen molar-refractivity contribution in [2.45, 2.75) is 19.8 Å². The molecule has 0 saturated heterocycles. The molecule has 0 bridgehead atoms. The van der Waals surface area contributed by atoms with E-state index in [0.29, 0.717) is 30.3 Å². The number of nitrogens with one attached hydrogen (secondary N) is 1. The van der Waals surface area contributed by atoms with Gasteiger partial charge < -0.3 is 9.51 Å². The fourth-order valence-corrected chi connectivity index (χ4v) is 3.62. The Morgan fingerprint density at radius 1 is 1.13 bits per heavy atom. The molecular formula is C23H20N6O2. The van der Waals surface area contributed by atoms with Gasteiger partial charge >= 0.3 is 0 Å². The standard InChI is InChI=1S/C23H20N6O2/c1-14-25-23(31-28-14)20-12-17-11-16(4-5-18(17)26-20)21-13-19(27-29(21)2)22(30)6-3-15-7-9-24-10-8-15/h4-5,7-13,26H,3,6H2,1-2H3. The molecule has 0 saturated carbocycles. The number of aryl methyl sites for hydroxylation is 3. The molecule has 0 aliphatic heterocycles. The molecule has 0 aliphatic rings. The number of fused-ring (bicyclic) bond motifs is 1.